The maximum absolute atomic E-state index is 12.2. The van der Waals surface area contributed by atoms with Crippen molar-refractivity contribution in [3.05, 3.63) is 0 Å². The highest BCUT2D eigenvalue weighted by Gasteiger charge is 2.35. The van der Waals surface area contributed by atoms with Crippen molar-refractivity contribution in [2.24, 2.45) is 17.6 Å². The van der Waals surface area contributed by atoms with Crippen LogP contribution in [0.1, 0.15) is 0 Å². The fourth-order valence-electron chi connectivity index (χ4n) is 2.90. The lowest BCUT2D eigenvalue weighted by Crippen LogP contribution is -2.39. The van der Waals surface area contributed by atoms with Crippen LogP contribution in [0.3, 0.4) is 0 Å². The Kier molecular flexibility index (Phi) is 7.43. The molecule has 20 heavy (non-hydrogen) atoms. The van der Waals surface area contributed by atoms with Crippen LogP contribution in [0.25, 0.3) is 0 Å². The third kappa shape index (κ3) is 5.75. The van der Waals surface area contributed by atoms with Gasteiger partial charge in [0.25, 0.3) is 0 Å². The summed E-state index contributed by atoms with van der Waals surface area (Å²) < 4.78 is 0. The van der Waals surface area contributed by atoms with Gasteiger partial charge in [0.15, 0.2) is 0 Å². The van der Waals surface area contributed by atoms with E-state index in [9.17, 15) is 4.79 Å². The molecule has 1 aliphatic heterocycles. The standard InChI is InChI=1S/C14H31N5O/c1-17(2)8-12-10-19(11-13(12)9-18(3)4)14(20)7-16-6-5-15/h12-13,16H,5-11,15H2,1-4H3/t12-,13-/m1/s1. The number of nitrogens with two attached hydrogens (primary N) is 1. The summed E-state index contributed by atoms with van der Waals surface area (Å²) in [4.78, 5) is 18.6. The topological polar surface area (TPSA) is 64.8 Å². The van der Waals surface area contributed by atoms with E-state index in [1.807, 2.05) is 4.90 Å². The molecule has 0 bridgehead atoms. The molecule has 1 amide bonds. The van der Waals surface area contributed by atoms with Gasteiger partial charge >= 0.3 is 0 Å². The Hall–Kier alpha value is -0.690. The third-order valence-corrected chi connectivity index (χ3v) is 3.73. The van der Waals surface area contributed by atoms with Gasteiger partial charge in [-0.2, -0.15) is 0 Å². The molecule has 1 heterocycles. The molecule has 6 heteroatoms. The number of amides is 1. The summed E-state index contributed by atoms with van der Waals surface area (Å²) in [5.41, 5.74) is 5.42. The predicted molar refractivity (Wildman–Crippen MR) is 82.6 cm³/mol. The molecule has 0 aromatic heterocycles. The van der Waals surface area contributed by atoms with Crippen LogP contribution in [-0.4, -0.2) is 94.6 Å². The van der Waals surface area contributed by atoms with Gasteiger partial charge in [0.05, 0.1) is 6.54 Å². The molecule has 6 nitrogen and oxygen atoms in total. The Morgan fingerprint density at radius 3 is 2.05 bits per heavy atom. The van der Waals surface area contributed by atoms with E-state index in [0.29, 0.717) is 31.5 Å². The summed E-state index contributed by atoms with van der Waals surface area (Å²) in [6, 6.07) is 0. The SMILES string of the molecule is CN(C)C[C@@H]1CN(C(=O)CNCCN)C[C@H]1CN(C)C. The largest absolute Gasteiger partial charge is 0.341 e. The van der Waals surface area contributed by atoms with Gasteiger partial charge in [-0.25, -0.2) is 0 Å². The molecule has 1 rings (SSSR count). The first kappa shape index (κ1) is 17.4. The minimum absolute atomic E-state index is 0.198. The smallest absolute Gasteiger partial charge is 0.236 e. The summed E-state index contributed by atoms with van der Waals surface area (Å²) in [5, 5.41) is 3.09. The number of rotatable bonds is 8. The van der Waals surface area contributed by atoms with Crippen molar-refractivity contribution in [2.45, 2.75) is 0 Å². The van der Waals surface area contributed by atoms with Crippen molar-refractivity contribution in [3.63, 3.8) is 0 Å². The maximum Gasteiger partial charge on any atom is 0.236 e. The van der Waals surface area contributed by atoms with Crippen molar-refractivity contribution in [3.8, 4) is 0 Å². The fraction of sp³-hybridized carbons (Fsp3) is 0.929. The summed E-state index contributed by atoms with van der Waals surface area (Å²) in [6.07, 6.45) is 0. The van der Waals surface area contributed by atoms with Crippen molar-refractivity contribution in [1.82, 2.24) is 20.0 Å². The van der Waals surface area contributed by atoms with Crippen molar-refractivity contribution in [1.29, 1.82) is 0 Å². The van der Waals surface area contributed by atoms with Gasteiger partial charge < -0.3 is 25.8 Å². The monoisotopic (exact) mass is 285 g/mol. The molecule has 0 aromatic carbocycles. The van der Waals surface area contributed by atoms with Crippen LogP contribution in [0.15, 0.2) is 0 Å². The zero-order valence-corrected chi connectivity index (χ0v) is 13.4. The van der Waals surface area contributed by atoms with Crippen molar-refractivity contribution in [2.75, 3.05) is 74.0 Å². The van der Waals surface area contributed by atoms with Gasteiger partial charge in [0, 0.05) is 39.3 Å². The van der Waals surface area contributed by atoms with Crippen LogP contribution >= 0.6 is 0 Å². The van der Waals surface area contributed by atoms with E-state index in [1.165, 1.54) is 0 Å². The van der Waals surface area contributed by atoms with Crippen LogP contribution in [-0.2, 0) is 4.79 Å². The Morgan fingerprint density at radius 2 is 1.65 bits per heavy atom. The summed E-state index contributed by atoms with van der Waals surface area (Å²) >= 11 is 0. The Bertz CT molecular complexity index is 277. The zero-order chi connectivity index (χ0) is 15.1. The molecule has 1 fully saturated rings. The number of likely N-dealkylation sites (tertiary alicyclic amines) is 1. The van der Waals surface area contributed by atoms with Crippen molar-refractivity contribution < 1.29 is 4.79 Å². The minimum Gasteiger partial charge on any atom is -0.341 e. The van der Waals surface area contributed by atoms with Gasteiger partial charge in [-0.3, -0.25) is 4.79 Å². The second-order valence-corrected chi connectivity index (χ2v) is 6.31. The van der Waals surface area contributed by atoms with Gasteiger partial charge in [0.2, 0.25) is 5.91 Å². The zero-order valence-electron chi connectivity index (χ0n) is 13.4. The van der Waals surface area contributed by atoms with E-state index < -0.39 is 0 Å². The molecular formula is C14H31N5O. The Balaban J connectivity index is 2.52. The van der Waals surface area contributed by atoms with E-state index in [0.717, 1.165) is 26.2 Å². The fourth-order valence-corrected chi connectivity index (χ4v) is 2.90. The van der Waals surface area contributed by atoms with Crippen LogP contribution in [0, 0.1) is 11.8 Å². The molecule has 0 radical (unpaired) electrons. The van der Waals surface area contributed by atoms with Crippen LogP contribution in [0.4, 0.5) is 0 Å². The average molecular weight is 285 g/mol. The van der Waals surface area contributed by atoms with E-state index in [2.05, 4.69) is 43.3 Å². The number of hydrogen-bond acceptors (Lipinski definition) is 5. The van der Waals surface area contributed by atoms with E-state index in [1.54, 1.807) is 0 Å². The number of nitrogens with zero attached hydrogens (tertiary/aromatic N) is 3. The normalized spacial score (nSPS) is 23.1. The lowest BCUT2D eigenvalue weighted by atomic mass is 9.95. The molecule has 0 unspecified atom stereocenters. The van der Waals surface area contributed by atoms with Gasteiger partial charge in [0.1, 0.15) is 0 Å². The molecule has 1 saturated heterocycles. The molecule has 0 spiro atoms. The highest BCUT2D eigenvalue weighted by molar-refractivity contribution is 5.78. The number of carbonyl (C=O) groups excluding carboxylic acids is 1. The quantitative estimate of drug-likeness (QED) is 0.545. The summed E-state index contributed by atoms with van der Waals surface area (Å²) in [7, 11) is 8.39. The first-order valence-electron chi connectivity index (χ1n) is 7.42. The van der Waals surface area contributed by atoms with E-state index in [-0.39, 0.29) is 5.91 Å². The molecule has 0 aromatic rings. The molecule has 3 N–H and O–H groups in total. The summed E-state index contributed by atoms with van der Waals surface area (Å²) in [6.45, 7) is 5.50. The van der Waals surface area contributed by atoms with Crippen LogP contribution in [0.2, 0.25) is 0 Å². The molecule has 0 aliphatic carbocycles. The minimum atomic E-state index is 0.198. The number of carbonyl (C=O) groups is 1. The lowest BCUT2D eigenvalue weighted by molar-refractivity contribution is -0.129. The average Bonchev–Trinajstić information content (AvgIpc) is 2.71. The molecular weight excluding hydrogens is 254 g/mol. The second kappa shape index (κ2) is 8.56. The molecule has 2 atom stereocenters. The predicted octanol–water partition coefficient (Wildman–Crippen LogP) is -1.27. The highest BCUT2D eigenvalue weighted by atomic mass is 16.2. The third-order valence-electron chi connectivity index (χ3n) is 3.73. The Morgan fingerprint density at radius 1 is 1.15 bits per heavy atom. The highest BCUT2D eigenvalue weighted by Crippen LogP contribution is 2.24. The molecule has 1 aliphatic rings. The van der Waals surface area contributed by atoms with Gasteiger partial charge in [-0.15, -0.1) is 0 Å². The van der Waals surface area contributed by atoms with Crippen molar-refractivity contribution >= 4 is 5.91 Å². The first-order valence-corrected chi connectivity index (χ1v) is 7.42. The molecule has 0 saturated carbocycles. The first-order chi connectivity index (χ1) is 9.43. The second-order valence-electron chi connectivity index (χ2n) is 6.31. The number of hydrogen-bond donors (Lipinski definition) is 2. The lowest BCUT2D eigenvalue weighted by Gasteiger charge is -2.24. The van der Waals surface area contributed by atoms with Crippen LogP contribution < -0.4 is 11.1 Å². The maximum atomic E-state index is 12.2. The number of nitrogens with one attached hydrogen (secondary N) is 1. The van der Waals surface area contributed by atoms with E-state index >= 15 is 0 Å². The summed E-state index contributed by atoms with van der Waals surface area (Å²) in [5.74, 6) is 1.32. The van der Waals surface area contributed by atoms with Gasteiger partial charge in [-0.1, -0.05) is 0 Å². The Labute approximate surface area is 123 Å². The van der Waals surface area contributed by atoms with Gasteiger partial charge in [-0.05, 0) is 40.0 Å². The van der Waals surface area contributed by atoms with E-state index in [4.69, 9.17) is 5.73 Å². The van der Waals surface area contributed by atoms with Crippen LogP contribution in [0.5, 0.6) is 0 Å². The molecule has 118 valence electrons.